The monoisotopic (exact) mass is 438 g/mol. The molecule has 4 aromatic carbocycles. The van der Waals surface area contributed by atoms with Crippen molar-refractivity contribution in [3.8, 4) is 22.3 Å². The average molecular weight is 439 g/mol. The molecule has 0 fully saturated rings. The quantitative estimate of drug-likeness (QED) is 0.263. The highest BCUT2D eigenvalue weighted by molar-refractivity contribution is 6.30. The number of benzene rings is 4. The predicted octanol–water partition coefficient (Wildman–Crippen LogP) is 8.98. The number of rotatable bonds is 6. The van der Waals surface area contributed by atoms with E-state index in [-0.39, 0.29) is 16.1 Å². The summed E-state index contributed by atoms with van der Waals surface area (Å²) in [6.45, 7) is 2.19. The first-order chi connectivity index (χ1) is 15.0. The van der Waals surface area contributed by atoms with Crippen molar-refractivity contribution in [1.29, 1.82) is 0 Å². The fourth-order valence-electron chi connectivity index (χ4n) is 3.88. The van der Waals surface area contributed by atoms with Crippen LogP contribution in [0.1, 0.15) is 31.7 Å². The molecule has 0 bridgehead atoms. The lowest BCUT2D eigenvalue weighted by Gasteiger charge is -2.11. The summed E-state index contributed by atoms with van der Waals surface area (Å²) in [5.74, 6) is -2.21. The molecule has 4 heteroatoms. The predicted molar refractivity (Wildman–Crippen MR) is 123 cm³/mol. The van der Waals surface area contributed by atoms with Crippen molar-refractivity contribution in [3.63, 3.8) is 0 Å². The van der Waals surface area contributed by atoms with Crippen LogP contribution < -0.4 is 0 Å². The van der Waals surface area contributed by atoms with Crippen LogP contribution in [-0.4, -0.2) is 0 Å². The van der Waals surface area contributed by atoms with E-state index < -0.39 is 17.5 Å². The molecule has 0 N–H and O–H groups in total. The van der Waals surface area contributed by atoms with E-state index >= 15 is 0 Å². The molecule has 0 nitrogen and oxygen atoms in total. The standard InChI is InChI=1S/C27H22ClF3/c1-2-3-4-5-17-6-7-19-13-20(9-8-18(19)12-17)22-15-25(30)27(26(31)16-22)21-10-11-23(28)24(29)14-21/h6-16H,2-5H2,1H3. The van der Waals surface area contributed by atoms with Crippen LogP contribution in [0.15, 0.2) is 66.7 Å². The van der Waals surface area contributed by atoms with Gasteiger partial charge in [-0.1, -0.05) is 67.8 Å². The zero-order chi connectivity index (χ0) is 22.0. The van der Waals surface area contributed by atoms with Crippen molar-refractivity contribution in [2.24, 2.45) is 0 Å². The molecule has 31 heavy (non-hydrogen) atoms. The molecule has 0 aliphatic heterocycles. The number of hydrogen-bond acceptors (Lipinski definition) is 0. The Morgan fingerprint density at radius 2 is 1.29 bits per heavy atom. The van der Waals surface area contributed by atoms with E-state index in [0.29, 0.717) is 5.56 Å². The lowest BCUT2D eigenvalue weighted by atomic mass is 9.96. The van der Waals surface area contributed by atoms with Gasteiger partial charge in [0.1, 0.15) is 17.5 Å². The molecule has 0 saturated carbocycles. The third-order valence-electron chi connectivity index (χ3n) is 5.56. The number of halogens is 4. The molecule has 4 aromatic rings. The van der Waals surface area contributed by atoms with Gasteiger partial charge >= 0.3 is 0 Å². The van der Waals surface area contributed by atoms with Gasteiger partial charge in [0.2, 0.25) is 0 Å². The van der Waals surface area contributed by atoms with Gasteiger partial charge in [0, 0.05) is 0 Å². The highest BCUT2D eigenvalue weighted by Gasteiger charge is 2.16. The third kappa shape index (κ3) is 4.62. The van der Waals surface area contributed by atoms with Crippen molar-refractivity contribution < 1.29 is 13.2 Å². The number of unbranched alkanes of at least 4 members (excludes halogenated alkanes) is 2. The maximum Gasteiger partial charge on any atom is 0.142 e. The van der Waals surface area contributed by atoms with Crippen LogP contribution in [0.3, 0.4) is 0 Å². The smallest absolute Gasteiger partial charge is 0.142 e. The highest BCUT2D eigenvalue weighted by Crippen LogP contribution is 2.33. The fourth-order valence-corrected chi connectivity index (χ4v) is 3.99. The Balaban J connectivity index is 1.67. The van der Waals surface area contributed by atoms with E-state index in [4.69, 9.17) is 11.6 Å². The first-order valence-corrected chi connectivity index (χ1v) is 10.8. The van der Waals surface area contributed by atoms with E-state index in [2.05, 4.69) is 25.1 Å². The minimum absolute atomic E-state index is 0.0918. The maximum absolute atomic E-state index is 14.8. The normalized spacial score (nSPS) is 11.3. The minimum atomic E-state index is -0.747. The average Bonchev–Trinajstić information content (AvgIpc) is 2.75. The van der Waals surface area contributed by atoms with Crippen LogP contribution in [0.4, 0.5) is 13.2 Å². The molecule has 0 radical (unpaired) electrons. The second kappa shape index (κ2) is 9.15. The molecule has 0 amide bonds. The summed E-state index contributed by atoms with van der Waals surface area (Å²) in [5, 5.41) is 2.03. The molecule has 0 aliphatic rings. The lowest BCUT2D eigenvalue weighted by Crippen LogP contribution is -1.93. The summed E-state index contributed by atoms with van der Waals surface area (Å²) in [5.41, 5.74) is 2.29. The van der Waals surface area contributed by atoms with E-state index in [1.165, 1.54) is 49.1 Å². The van der Waals surface area contributed by atoms with E-state index in [1.54, 1.807) is 0 Å². The van der Waals surface area contributed by atoms with E-state index in [0.717, 1.165) is 28.8 Å². The number of aryl methyl sites for hydroxylation is 1. The second-order valence-corrected chi connectivity index (χ2v) is 8.20. The molecule has 0 saturated heterocycles. The van der Waals surface area contributed by atoms with Gasteiger partial charge in [0.05, 0.1) is 10.6 Å². The SMILES string of the molecule is CCCCCc1ccc2cc(-c3cc(F)c(-c4ccc(Cl)c(F)c4)c(F)c3)ccc2c1. The second-order valence-electron chi connectivity index (χ2n) is 7.80. The Bertz CT molecular complexity index is 1220. The van der Waals surface area contributed by atoms with Gasteiger partial charge < -0.3 is 0 Å². The van der Waals surface area contributed by atoms with Crippen molar-refractivity contribution in [2.75, 3.05) is 0 Å². The maximum atomic E-state index is 14.8. The first-order valence-electron chi connectivity index (χ1n) is 10.4. The molecule has 4 rings (SSSR count). The zero-order valence-corrected chi connectivity index (χ0v) is 17.9. The molecule has 0 unspecified atom stereocenters. The van der Waals surface area contributed by atoms with Crippen LogP contribution in [0.5, 0.6) is 0 Å². The minimum Gasteiger partial charge on any atom is -0.206 e. The zero-order valence-electron chi connectivity index (χ0n) is 17.2. The summed E-state index contributed by atoms with van der Waals surface area (Å²) >= 11 is 5.68. The summed E-state index contributed by atoms with van der Waals surface area (Å²) in [4.78, 5) is 0. The third-order valence-corrected chi connectivity index (χ3v) is 5.86. The van der Waals surface area contributed by atoms with Gasteiger partial charge in [0.15, 0.2) is 0 Å². The molecular weight excluding hydrogens is 417 g/mol. The largest absolute Gasteiger partial charge is 0.206 e. The van der Waals surface area contributed by atoms with Crippen molar-refractivity contribution in [1.82, 2.24) is 0 Å². The van der Waals surface area contributed by atoms with Crippen LogP contribution in [0.2, 0.25) is 5.02 Å². The van der Waals surface area contributed by atoms with Gasteiger partial charge in [-0.2, -0.15) is 0 Å². The van der Waals surface area contributed by atoms with Crippen LogP contribution in [-0.2, 0) is 6.42 Å². The topological polar surface area (TPSA) is 0 Å². The number of fused-ring (bicyclic) bond motifs is 1. The fraction of sp³-hybridized carbons (Fsp3) is 0.185. The lowest BCUT2D eigenvalue weighted by molar-refractivity contribution is 0.589. The molecular formula is C27H22ClF3. The van der Waals surface area contributed by atoms with Crippen molar-refractivity contribution in [2.45, 2.75) is 32.6 Å². The van der Waals surface area contributed by atoms with Crippen LogP contribution in [0.25, 0.3) is 33.0 Å². The van der Waals surface area contributed by atoms with Crippen molar-refractivity contribution >= 4 is 22.4 Å². The summed E-state index contributed by atoms with van der Waals surface area (Å²) in [6.07, 6.45) is 4.62. The summed E-state index contributed by atoms with van der Waals surface area (Å²) < 4.78 is 43.4. The van der Waals surface area contributed by atoms with Gasteiger partial charge in [0.25, 0.3) is 0 Å². The van der Waals surface area contributed by atoms with E-state index in [9.17, 15) is 13.2 Å². The van der Waals surface area contributed by atoms with Gasteiger partial charge in [-0.05, 0) is 76.2 Å². The summed E-state index contributed by atoms with van der Waals surface area (Å²) in [6, 6.07) is 18.4. The van der Waals surface area contributed by atoms with Gasteiger partial charge in [-0.25, -0.2) is 13.2 Å². The molecule has 158 valence electrons. The van der Waals surface area contributed by atoms with Crippen molar-refractivity contribution in [3.05, 3.63) is 94.8 Å². The van der Waals surface area contributed by atoms with E-state index in [1.807, 2.05) is 18.2 Å². The number of hydrogen-bond donors (Lipinski definition) is 0. The Hall–Kier alpha value is -2.78. The molecule has 0 aliphatic carbocycles. The Kier molecular flexibility index (Phi) is 6.33. The van der Waals surface area contributed by atoms with Gasteiger partial charge in [-0.15, -0.1) is 0 Å². The Morgan fingerprint density at radius 3 is 2.00 bits per heavy atom. The van der Waals surface area contributed by atoms with Crippen LogP contribution >= 0.6 is 11.6 Å². The Labute approximate surface area is 185 Å². The molecule has 0 aromatic heterocycles. The van der Waals surface area contributed by atoms with Crippen LogP contribution in [0, 0.1) is 17.5 Å². The molecule has 0 heterocycles. The summed E-state index contributed by atoms with van der Waals surface area (Å²) in [7, 11) is 0. The Morgan fingerprint density at radius 1 is 0.645 bits per heavy atom. The molecule has 0 spiro atoms. The molecule has 0 atom stereocenters. The van der Waals surface area contributed by atoms with Gasteiger partial charge in [-0.3, -0.25) is 0 Å². The first kappa shape index (κ1) is 21.5. The highest BCUT2D eigenvalue weighted by atomic mass is 35.5.